The molecule has 1 atom stereocenters. The normalized spacial score (nSPS) is 14.9. The van der Waals surface area contributed by atoms with Crippen LogP contribution in [0.25, 0.3) is 0 Å². The van der Waals surface area contributed by atoms with Crippen molar-refractivity contribution in [3.8, 4) is 0 Å². The second kappa shape index (κ2) is 8.83. The molecule has 27 heavy (non-hydrogen) atoms. The Morgan fingerprint density at radius 3 is 2.67 bits per heavy atom. The van der Waals surface area contributed by atoms with E-state index < -0.39 is 4.92 Å². The number of pyridine rings is 1. The van der Waals surface area contributed by atoms with Crippen LogP contribution in [0.2, 0.25) is 0 Å². The van der Waals surface area contributed by atoms with E-state index in [1.54, 1.807) is 17.8 Å². The maximum absolute atomic E-state index is 11.4. The van der Waals surface area contributed by atoms with Gasteiger partial charge in [-0.15, -0.1) is 11.8 Å². The van der Waals surface area contributed by atoms with Gasteiger partial charge >= 0.3 is 5.69 Å². The molecule has 0 saturated heterocycles. The van der Waals surface area contributed by atoms with Gasteiger partial charge in [-0.25, -0.2) is 4.98 Å². The molecule has 2 aromatic rings. The van der Waals surface area contributed by atoms with E-state index in [1.165, 1.54) is 6.07 Å². The molecule has 3 rings (SSSR count). The lowest BCUT2D eigenvalue weighted by Crippen LogP contribution is -2.39. The molecule has 1 aliphatic heterocycles. The third-order valence-corrected chi connectivity index (χ3v) is 5.02. The Morgan fingerprint density at radius 1 is 1.30 bits per heavy atom. The second-order valence-corrected chi connectivity index (χ2v) is 6.90. The first kappa shape index (κ1) is 19.1. The fourth-order valence-corrected chi connectivity index (χ4v) is 3.22. The average Bonchev–Trinajstić information content (AvgIpc) is 3.21. The summed E-state index contributed by atoms with van der Waals surface area (Å²) in [6, 6.07) is 10.8. The third-order valence-electron chi connectivity index (χ3n) is 4.27. The molecule has 142 valence electrons. The number of nitrogens with one attached hydrogen (secondary N) is 2. The molecule has 9 heteroatoms. The van der Waals surface area contributed by atoms with Gasteiger partial charge in [0.25, 0.3) is 0 Å². The van der Waals surface area contributed by atoms with Crippen molar-refractivity contribution in [3.63, 3.8) is 0 Å². The lowest BCUT2D eigenvalue weighted by atomic mass is 10.3. The first-order valence-corrected chi connectivity index (χ1v) is 9.88. The van der Waals surface area contributed by atoms with Crippen molar-refractivity contribution in [1.82, 2.24) is 9.88 Å². The van der Waals surface area contributed by atoms with Crippen LogP contribution in [0.4, 0.5) is 23.0 Å². The Labute approximate surface area is 162 Å². The summed E-state index contributed by atoms with van der Waals surface area (Å²) in [5.41, 5.74) is 0.688. The van der Waals surface area contributed by atoms with E-state index in [2.05, 4.69) is 32.4 Å². The minimum atomic E-state index is -0.430. The van der Waals surface area contributed by atoms with Gasteiger partial charge in [-0.2, -0.15) is 0 Å². The molecular weight excluding hydrogens is 364 g/mol. The summed E-state index contributed by atoms with van der Waals surface area (Å²) >= 11 is 1.64. The van der Waals surface area contributed by atoms with Gasteiger partial charge < -0.3 is 10.6 Å². The maximum atomic E-state index is 11.4. The number of benzene rings is 1. The summed E-state index contributed by atoms with van der Waals surface area (Å²) in [6.07, 6.45) is 4.81. The van der Waals surface area contributed by atoms with E-state index in [1.807, 2.05) is 36.7 Å². The number of thioether (sulfide) groups is 1. The minimum absolute atomic E-state index is 0.0629. The van der Waals surface area contributed by atoms with Gasteiger partial charge in [-0.05, 0) is 43.0 Å². The zero-order valence-electron chi connectivity index (χ0n) is 15.3. The first-order valence-electron chi connectivity index (χ1n) is 8.66. The Bertz CT molecular complexity index is 819. The molecule has 0 radical (unpaired) electrons. The maximum Gasteiger partial charge on any atom is 0.311 e. The highest BCUT2D eigenvalue weighted by atomic mass is 32.2. The summed E-state index contributed by atoms with van der Waals surface area (Å²) in [6.45, 7) is 3.50. The van der Waals surface area contributed by atoms with Crippen LogP contribution in [-0.2, 0) is 0 Å². The molecule has 1 aromatic heterocycles. The summed E-state index contributed by atoms with van der Waals surface area (Å²) in [4.78, 5) is 23.0. The highest BCUT2D eigenvalue weighted by molar-refractivity contribution is 7.98. The zero-order chi connectivity index (χ0) is 19.2. The van der Waals surface area contributed by atoms with Crippen molar-refractivity contribution in [2.75, 3.05) is 30.1 Å². The Morgan fingerprint density at radius 2 is 2.07 bits per heavy atom. The molecule has 1 aromatic carbocycles. The summed E-state index contributed by atoms with van der Waals surface area (Å²) < 4.78 is 0. The van der Waals surface area contributed by atoms with Gasteiger partial charge in [-0.3, -0.25) is 20.0 Å². The molecule has 0 spiro atoms. The Balaban J connectivity index is 1.82. The van der Waals surface area contributed by atoms with Crippen LogP contribution < -0.4 is 10.6 Å². The number of nitro groups is 1. The monoisotopic (exact) mass is 386 g/mol. The van der Waals surface area contributed by atoms with E-state index in [0.717, 1.165) is 23.5 Å². The van der Waals surface area contributed by atoms with E-state index in [9.17, 15) is 10.1 Å². The van der Waals surface area contributed by atoms with Crippen LogP contribution in [0, 0.1) is 10.1 Å². The van der Waals surface area contributed by atoms with Gasteiger partial charge in [-0.1, -0.05) is 6.92 Å². The third kappa shape index (κ3) is 4.75. The van der Waals surface area contributed by atoms with Crippen molar-refractivity contribution in [2.45, 2.75) is 24.4 Å². The summed E-state index contributed by atoms with van der Waals surface area (Å²) in [5.74, 6) is 0.803. The Kier molecular flexibility index (Phi) is 6.25. The predicted octanol–water partition coefficient (Wildman–Crippen LogP) is 3.95. The first-order chi connectivity index (χ1) is 13.1. The molecule has 0 aliphatic carbocycles. The standard InChI is InChI=1S/C18H22N6O2S/c1-3-17(23-11-10-19-12-23)21-16-9-8-15(24(25)26)18(22-16)20-13-4-6-14(27-2)7-5-13/h4-10,17H,3,11-12H2,1-2H3,(H2,20,21,22). The lowest BCUT2D eigenvalue weighted by molar-refractivity contribution is -0.384. The fourth-order valence-electron chi connectivity index (χ4n) is 2.81. The van der Waals surface area contributed by atoms with Crippen molar-refractivity contribution < 1.29 is 4.92 Å². The smallest absolute Gasteiger partial charge is 0.311 e. The fraction of sp³-hybridized carbons (Fsp3) is 0.333. The predicted molar refractivity (Wildman–Crippen MR) is 110 cm³/mol. The molecule has 2 N–H and O–H groups in total. The summed E-state index contributed by atoms with van der Waals surface area (Å²) in [5, 5.41) is 17.8. The molecule has 1 aliphatic rings. The van der Waals surface area contributed by atoms with Crippen molar-refractivity contribution in [2.24, 2.45) is 4.99 Å². The molecule has 2 heterocycles. The van der Waals surface area contributed by atoms with Gasteiger partial charge in [0.15, 0.2) is 0 Å². The van der Waals surface area contributed by atoms with E-state index in [-0.39, 0.29) is 17.7 Å². The van der Waals surface area contributed by atoms with Crippen LogP contribution in [0.3, 0.4) is 0 Å². The van der Waals surface area contributed by atoms with E-state index >= 15 is 0 Å². The molecule has 8 nitrogen and oxygen atoms in total. The van der Waals surface area contributed by atoms with Gasteiger partial charge in [0.05, 0.1) is 17.8 Å². The van der Waals surface area contributed by atoms with Gasteiger partial charge in [0, 0.05) is 29.4 Å². The quantitative estimate of drug-likeness (QED) is 0.403. The van der Waals surface area contributed by atoms with E-state index in [4.69, 9.17) is 0 Å². The number of nitrogens with zero attached hydrogens (tertiary/aromatic N) is 4. The lowest BCUT2D eigenvalue weighted by Gasteiger charge is -2.26. The Hall–Kier alpha value is -2.65. The number of anilines is 3. The molecule has 0 amide bonds. The average molecular weight is 386 g/mol. The van der Waals surface area contributed by atoms with E-state index in [0.29, 0.717) is 12.5 Å². The van der Waals surface area contributed by atoms with Crippen LogP contribution in [0.1, 0.15) is 13.3 Å². The van der Waals surface area contributed by atoms with Crippen molar-refractivity contribution in [1.29, 1.82) is 0 Å². The number of hydrogen-bond acceptors (Lipinski definition) is 8. The SMILES string of the molecule is CCC(Nc1ccc([N+](=O)[O-])c(Nc2ccc(SC)cc2)n1)N1CC=NC1. The van der Waals surface area contributed by atoms with Crippen molar-refractivity contribution in [3.05, 3.63) is 46.5 Å². The summed E-state index contributed by atoms with van der Waals surface area (Å²) in [7, 11) is 0. The molecular formula is C18H22N6O2S. The largest absolute Gasteiger partial charge is 0.354 e. The number of rotatable bonds is 8. The highest BCUT2D eigenvalue weighted by Crippen LogP contribution is 2.28. The second-order valence-electron chi connectivity index (χ2n) is 6.02. The minimum Gasteiger partial charge on any atom is -0.354 e. The van der Waals surface area contributed by atoms with Gasteiger partial charge in [0.1, 0.15) is 5.82 Å². The van der Waals surface area contributed by atoms with Crippen LogP contribution in [0.5, 0.6) is 0 Å². The number of aliphatic imine (C=N–C) groups is 1. The zero-order valence-corrected chi connectivity index (χ0v) is 16.1. The number of hydrogen-bond donors (Lipinski definition) is 2. The molecule has 0 fully saturated rings. The topological polar surface area (TPSA) is 95.7 Å². The van der Waals surface area contributed by atoms with Crippen LogP contribution >= 0.6 is 11.8 Å². The number of aromatic nitrogens is 1. The van der Waals surface area contributed by atoms with Gasteiger partial charge in [0.2, 0.25) is 5.82 Å². The molecule has 0 saturated carbocycles. The highest BCUT2D eigenvalue weighted by Gasteiger charge is 2.21. The molecule has 1 unspecified atom stereocenters. The molecule has 0 bridgehead atoms. The van der Waals surface area contributed by atoms with Crippen LogP contribution in [0.15, 0.2) is 46.3 Å². The van der Waals surface area contributed by atoms with Crippen molar-refractivity contribution >= 4 is 41.0 Å². The van der Waals surface area contributed by atoms with Crippen LogP contribution in [-0.4, -0.2) is 46.7 Å².